The second-order valence-electron chi connectivity index (χ2n) is 5.99. The molecule has 1 aliphatic rings. The largest absolute Gasteiger partial charge is 0.378 e. The molecule has 5 nitrogen and oxygen atoms in total. The van der Waals surface area contributed by atoms with Gasteiger partial charge >= 0.3 is 0 Å². The van der Waals surface area contributed by atoms with Gasteiger partial charge in [0.25, 0.3) is 5.91 Å². The normalized spacial score (nSPS) is 15.2. The minimum Gasteiger partial charge on any atom is -0.378 e. The van der Waals surface area contributed by atoms with E-state index in [1.165, 1.54) is 11.3 Å². The third kappa shape index (κ3) is 2.42. The molecule has 6 heteroatoms. The molecular weight excluding hydrogens is 322 g/mol. The molecule has 1 amide bonds. The Morgan fingerprint density at radius 1 is 1.17 bits per heavy atom. The molecule has 0 spiro atoms. The molecule has 1 fully saturated rings. The number of carbonyl (C=O) groups excluding carboxylic acids is 1. The predicted octanol–water partition coefficient (Wildman–Crippen LogP) is 3.18. The number of pyridine rings is 1. The van der Waals surface area contributed by atoms with Crippen LogP contribution in [0.5, 0.6) is 0 Å². The summed E-state index contributed by atoms with van der Waals surface area (Å²) in [6.07, 6.45) is 1.78. The zero-order chi connectivity index (χ0) is 16.7. The van der Waals surface area contributed by atoms with Gasteiger partial charge < -0.3 is 14.2 Å². The van der Waals surface area contributed by atoms with E-state index in [9.17, 15) is 4.79 Å². The standard InChI is InChI=1S/C18H19N3O2S/c1-12-5-6-13(2)21(12)15-14-4-3-7-19-17(14)24-16(15)18(22)20-8-10-23-11-9-20/h3-7H,8-11H2,1-2H3. The average Bonchev–Trinajstić information content (AvgIpc) is 3.15. The van der Waals surface area contributed by atoms with Gasteiger partial charge in [0.2, 0.25) is 0 Å². The summed E-state index contributed by atoms with van der Waals surface area (Å²) in [4.78, 5) is 21.2. The van der Waals surface area contributed by atoms with Gasteiger partial charge in [0, 0.05) is 36.1 Å². The number of nitrogens with zero attached hydrogens (tertiary/aromatic N) is 3. The van der Waals surface area contributed by atoms with Crippen molar-refractivity contribution in [2.45, 2.75) is 13.8 Å². The van der Waals surface area contributed by atoms with Crippen molar-refractivity contribution in [2.75, 3.05) is 26.3 Å². The van der Waals surface area contributed by atoms with Gasteiger partial charge in [-0.3, -0.25) is 4.79 Å². The molecule has 24 heavy (non-hydrogen) atoms. The first kappa shape index (κ1) is 15.4. The lowest BCUT2D eigenvalue weighted by molar-refractivity contribution is 0.0306. The molecule has 0 atom stereocenters. The van der Waals surface area contributed by atoms with Gasteiger partial charge in [-0.1, -0.05) is 0 Å². The van der Waals surface area contributed by atoms with Crippen LogP contribution in [0.3, 0.4) is 0 Å². The lowest BCUT2D eigenvalue weighted by atomic mass is 10.2. The molecule has 0 saturated carbocycles. The van der Waals surface area contributed by atoms with Gasteiger partial charge in [-0.05, 0) is 38.1 Å². The molecular formula is C18H19N3O2S. The van der Waals surface area contributed by atoms with Gasteiger partial charge in [-0.2, -0.15) is 0 Å². The van der Waals surface area contributed by atoms with Crippen LogP contribution in [-0.4, -0.2) is 46.7 Å². The SMILES string of the molecule is Cc1ccc(C)n1-c1c(C(=O)N2CCOCC2)sc2ncccc12. The van der Waals surface area contributed by atoms with Crippen molar-refractivity contribution in [3.63, 3.8) is 0 Å². The number of amides is 1. The molecule has 124 valence electrons. The van der Waals surface area contributed by atoms with E-state index in [-0.39, 0.29) is 5.91 Å². The van der Waals surface area contributed by atoms with E-state index in [1.54, 1.807) is 6.20 Å². The number of thiophene rings is 1. The fraction of sp³-hybridized carbons (Fsp3) is 0.333. The van der Waals surface area contributed by atoms with Crippen LogP contribution in [0.25, 0.3) is 15.9 Å². The first-order chi connectivity index (χ1) is 11.7. The number of aryl methyl sites for hydroxylation is 2. The molecule has 1 aliphatic heterocycles. The van der Waals surface area contributed by atoms with Crippen molar-refractivity contribution in [1.82, 2.24) is 14.5 Å². The molecule has 3 aromatic heterocycles. The molecule has 0 N–H and O–H groups in total. The Morgan fingerprint density at radius 2 is 1.88 bits per heavy atom. The number of rotatable bonds is 2. The van der Waals surface area contributed by atoms with Gasteiger partial charge in [0.1, 0.15) is 9.71 Å². The Morgan fingerprint density at radius 3 is 2.58 bits per heavy atom. The van der Waals surface area contributed by atoms with E-state index in [0.717, 1.165) is 32.2 Å². The third-order valence-electron chi connectivity index (χ3n) is 4.43. The van der Waals surface area contributed by atoms with Gasteiger partial charge in [0.15, 0.2) is 0 Å². The van der Waals surface area contributed by atoms with Crippen LogP contribution in [0.15, 0.2) is 30.5 Å². The van der Waals surface area contributed by atoms with Crippen LogP contribution in [0.1, 0.15) is 21.1 Å². The van der Waals surface area contributed by atoms with Crippen molar-refractivity contribution < 1.29 is 9.53 Å². The number of hydrogen-bond acceptors (Lipinski definition) is 4. The molecule has 4 heterocycles. The van der Waals surface area contributed by atoms with Crippen LogP contribution in [-0.2, 0) is 4.74 Å². The summed E-state index contributed by atoms with van der Waals surface area (Å²) in [5, 5.41) is 1.03. The van der Waals surface area contributed by atoms with Crippen molar-refractivity contribution in [1.29, 1.82) is 0 Å². The summed E-state index contributed by atoms with van der Waals surface area (Å²) in [5.74, 6) is 0.0730. The highest BCUT2D eigenvalue weighted by Gasteiger charge is 2.26. The second kappa shape index (κ2) is 6.03. The van der Waals surface area contributed by atoms with Gasteiger partial charge in [0.05, 0.1) is 18.9 Å². The Hall–Kier alpha value is -2.18. The quantitative estimate of drug-likeness (QED) is 0.719. The lowest BCUT2D eigenvalue weighted by Crippen LogP contribution is -2.40. The minimum absolute atomic E-state index is 0.0730. The van der Waals surface area contributed by atoms with Crippen molar-refractivity contribution >= 4 is 27.5 Å². The van der Waals surface area contributed by atoms with E-state index in [4.69, 9.17) is 4.74 Å². The van der Waals surface area contributed by atoms with E-state index >= 15 is 0 Å². The molecule has 4 rings (SSSR count). The van der Waals surface area contributed by atoms with Crippen LogP contribution >= 0.6 is 11.3 Å². The molecule has 0 unspecified atom stereocenters. The molecule has 0 aliphatic carbocycles. The second-order valence-corrected chi connectivity index (χ2v) is 6.99. The van der Waals surface area contributed by atoms with Gasteiger partial charge in [-0.25, -0.2) is 4.98 Å². The van der Waals surface area contributed by atoms with Crippen molar-refractivity contribution in [2.24, 2.45) is 0 Å². The molecule has 0 bridgehead atoms. The first-order valence-corrected chi connectivity index (χ1v) is 8.88. The number of ether oxygens (including phenoxy) is 1. The number of aromatic nitrogens is 2. The lowest BCUT2D eigenvalue weighted by Gasteiger charge is -2.27. The van der Waals surface area contributed by atoms with Gasteiger partial charge in [-0.15, -0.1) is 11.3 Å². The van der Waals surface area contributed by atoms with E-state index in [1.807, 2.05) is 17.0 Å². The maximum Gasteiger partial charge on any atom is 0.266 e. The van der Waals surface area contributed by atoms with Crippen molar-refractivity contribution in [3.05, 3.63) is 46.7 Å². The third-order valence-corrected chi connectivity index (χ3v) is 5.52. The topological polar surface area (TPSA) is 47.4 Å². The van der Waals surface area contributed by atoms with E-state index in [0.29, 0.717) is 26.3 Å². The Bertz CT molecular complexity index is 887. The summed E-state index contributed by atoms with van der Waals surface area (Å²) in [6.45, 7) is 6.62. The fourth-order valence-corrected chi connectivity index (χ4v) is 4.31. The monoisotopic (exact) mass is 341 g/mol. The Balaban J connectivity index is 1.92. The van der Waals surface area contributed by atoms with Crippen LogP contribution in [0.4, 0.5) is 0 Å². The van der Waals surface area contributed by atoms with Crippen LogP contribution in [0, 0.1) is 13.8 Å². The summed E-state index contributed by atoms with van der Waals surface area (Å²) in [7, 11) is 0. The zero-order valence-corrected chi connectivity index (χ0v) is 14.6. The minimum atomic E-state index is 0.0730. The Labute approximate surface area is 144 Å². The van der Waals surface area contributed by atoms with Crippen LogP contribution < -0.4 is 0 Å². The average molecular weight is 341 g/mol. The van der Waals surface area contributed by atoms with E-state index in [2.05, 4.69) is 35.5 Å². The molecule has 0 radical (unpaired) electrons. The molecule has 3 aromatic rings. The van der Waals surface area contributed by atoms with Crippen molar-refractivity contribution in [3.8, 4) is 5.69 Å². The Kier molecular flexibility index (Phi) is 3.86. The zero-order valence-electron chi connectivity index (χ0n) is 13.8. The maximum atomic E-state index is 13.1. The summed E-state index contributed by atoms with van der Waals surface area (Å²) in [6, 6.07) is 8.13. The fourth-order valence-electron chi connectivity index (χ4n) is 3.22. The molecule has 1 saturated heterocycles. The highest BCUT2D eigenvalue weighted by molar-refractivity contribution is 7.21. The number of fused-ring (bicyclic) bond motifs is 1. The number of hydrogen-bond donors (Lipinski definition) is 0. The summed E-state index contributed by atoms with van der Waals surface area (Å²) >= 11 is 1.48. The highest BCUT2D eigenvalue weighted by Crippen LogP contribution is 2.35. The van der Waals surface area contributed by atoms with Crippen LogP contribution in [0.2, 0.25) is 0 Å². The first-order valence-electron chi connectivity index (χ1n) is 8.06. The highest BCUT2D eigenvalue weighted by atomic mass is 32.1. The smallest absolute Gasteiger partial charge is 0.266 e. The van der Waals surface area contributed by atoms with E-state index < -0.39 is 0 Å². The summed E-state index contributed by atoms with van der Waals surface area (Å²) < 4.78 is 7.54. The maximum absolute atomic E-state index is 13.1. The number of morpholine rings is 1. The number of carbonyl (C=O) groups is 1. The predicted molar refractivity (Wildman–Crippen MR) is 95.1 cm³/mol. The summed E-state index contributed by atoms with van der Waals surface area (Å²) in [5.41, 5.74) is 3.19. The molecule has 0 aromatic carbocycles.